The number of rotatable bonds is 10. The number of hydrogen-bond acceptors (Lipinski definition) is 4. The Morgan fingerprint density at radius 3 is 2.21 bits per heavy atom. The van der Waals surface area contributed by atoms with Crippen molar-refractivity contribution in [2.45, 2.75) is 57.0 Å². The van der Waals surface area contributed by atoms with Gasteiger partial charge in [-0.3, -0.25) is 9.59 Å². The molecule has 2 aromatic rings. The van der Waals surface area contributed by atoms with Gasteiger partial charge in [-0.2, -0.15) is 0 Å². The lowest BCUT2D eigenvalue weighted by atomic mass is 9.98. The SMILES string of the molecule is CCC[C@H](NC(=O)OCC1c2ccccc2-c2ccccc21)C(=O)N(CCC(=O)O)C1CC1. The highest BCUT2D eigenvalue weighted by Crippen LogP contribution is 2.44. The Morgan fingerprint density at radius 1 is 1.06 bits per heavy atom. The fourth-order valence-corrected chi connectivity index (χ4v) is 4.60. The molecule has 174 valence electrons. The molecule has 33 heavy (non-hydrogen) atoms. The fourth-order valence-electron chi connectivity index (χ4n) is 4.60. The van der Waals surface area contributed by atoms with Crippen LogP contribution in [0.5, 0.6) is 0 Å². The van der Waals surface area contributed by atoms with Crippen molar-refractivity contribution in [1.82, 2.24) is 10.2 Å². The Balaban J connectivity index is 1.40. The van der Waals surface area contributed by atoms with Gasteiger partial charge in [0.2, 0.25) is 5.91 Å². The Bertz CT molecular complexity index is 987. The van der Waals surface area contributed by atoms with Crippen molar-refractivity contribution >= 4 is 18.0 Å². The molecule has 0 bridgehead atoms. The highest BCUT2D eigenvalue weighted by molar-refractivity contribution is 5.86. The lowest BCUT2D eigenvalue weighted by Crippen LogP contribution is -2.50. The van der Waals surface area contributed by atoms with E-state index in [4.69, 9.17) is 9.84 Å². The topological polar surface area (TPSA) is 95.9 Å². The normalized spacial score (nSPS) is 15.3. The van der Waals surface area contributed by atoms with Crippen LogP contribution in [0.15, 0.2) is 48.5 Å². The van der Waals surface area contributed by atoms with Gasteiger partial charge in [-0.05, 0) is 41.5 Å². The minimum absolute atomic E-state index is 0.0537. The predicted molar refractivity (Wildman–Crippen MR) is 124 cm³/mol. The van der Waals surface area contributed by atoms with Gasteiger partial charge in [-0.25, -0.2) is 4.79 Å². The quantitative estimate of drug-likeness (QED) is 0.567. The van der Waals surface area contributed by atoms with Crippen LogP contribution in [-0.4, -0.2) is 53.2 Å². The maximum absolute atomic E-state index is 13.1. The molecule has 2 N–H and O–H groups in total. The second-order valence-corrected chi connectivity index (χ2v) is 8.72. The third kappa shape index (κ3) is 5.18. The molecule has 7 heteroatoms. The molecule has 2 aliphatic rings. The minimum atomic E-state index is -0.940. The van der Waals surface area contributed by atoms with Crippen molar-refractivity contribution in [2.24, 2.45) is 0 Å². The summed E-state index contributed by atoms with van der Waals surface area (Å²) < 4.78 is 5.61. The molecule has 0 aromatic heterocycles. The first kappa shape index (κ1) is 22.8. The average molecular weight is 451 g/mol. The number of nitrogens with one attached hydrogen (secondary N) is 1. The molecule has 2 aliphatic carbocycles. The van der Waals surface area contributed by atoms with Gasteiger partial charge in [0.1, 0.15) is 12.6 Å². The van der Waals surface area contributed by atoms with E-state index in [1.54, 1.807) is 4.90 Å². The van der Waals surface area contributed by atoms with Crippen LogP contribution in [0.1, 0.15) is 56.1 Å². The van der Waals surface area contributed by atoms with E-state index >= 15 is 0 Å². The van der Waals surface area contributed by atoms with Gasteiger partial charge in [-0.1, -0.05) is 61.9 Å². The van der Waals surface area contributed by atoms with Crippen LogP contribution in [0.3, 0.4) is 0 Å². The lowest BCUT2D eigenvalue weighted by molar-refractivity contribution is -0.139. The zero-order valence-corrected chi connectivity index (χ0v) is 18.8. The summed E-state index contributed by atoms with van der Waals surface area (Å²) in [5.74, 6) is -1.22. The van der Waals surface area contributed by atoms with Gasteiger partial charge < -0.3 is 20.1 Å². The molecular formula is C26H30N2O5. The molecule has 0 heterocycles. The number of alkyl carbamates (subject to hydrolysis) is 1. The van der Waals surface area contributed by atoms with E-state index in [1.807, 2.05) is 31.2 Å². The van der Waals surface area contributed by atoms with Crippen molar-refractivity contribution in [3.63, 3.8) is 0 Å². The summed E-state index contributed by atoms with van der Waals surface area (Å²) in [6.07, 6.45) is 2.19. The number of nitrogens with zero attached hydrogens (tertiary/aromatic N) is 1. The molecule has 2 aromatic carbocycles. The number of benzene rings is 2. The zero-order chi connectivity index (χ0) is 23.4. The summed E-state index contributed by atoms with van der Waals surface area (Å²) in [4.78, 5) is 38.4. The molecule has 0 spiro atoms. The van der Waals surface area contributed by atoms with Gasteiger partial charge in [-0.15, -0.1) is 0 Å². The first-order chi connectivity index (χ1) is 16.0. The summed E-state index contributed by atoms with van der Waals surface area (Å²) in [5, 5.41) is 11.8. The summed E-state index contributed by atoms with van der Waals surface area (Å²) in [6.45, 7) is 2.28. The Kier molecular flexibility index (Phi) is 6.96. The Labute approximate surface area is 193 Å². The van der Waals surface area contributed by atoms with E-state index in [9.17, 15) is 14.4 Å². The van der Waals surface area contributed by atoms with E-state index in [1.165, 1.54) is 0 Å². The van der Waals surface area contributed by atoms with E-state index in [2.05, 4.69) is 29.6 Å². The second kappa shape index (κ2) is 10.1. The number of carboxylic acid groups (broad SMARTS) is 1. The molecule has 0 aliphatic heterocycles. The van der Waals surface area contributed by atoms with Crippen molar-refractivity contribution in [2.75, 3.05) is 13.2 Å². The maximum atomic E-state index is 13.1. The van der Waals surface area contributed by atoms with Crippen molar-refractivity contribution in [3.8, 4) is 11.1 Å². The largest absolute Gasteiger partial charge is 0.481 e. The first-order valence-corrected chi connectivity index (χ1v) is 11.6. The Hall–Kier alpha value is -3.35. The molecule has 1 atom stereocenters. The van der Waals surface area contributed by atoms with Crippen molar-refractivity contribution in [1.29, 1.82) is 0 Å². The van der Waals surface area contributed by atoms with Gasteiger partial charge in [0.05, 0.1) is 6.42 Å². The predicted octanol–water partition coefficient (Wildman–Crippen LogP) is 4.16. The van der Waals surface area contributed by atoms with Crippen LogP contribution in [0.25, 0.3) is 11.1 Å². The number of carbonyl (C=O) groups is 3. The average Bonchev–Trinajstić information content (AvgIpc) is 3.59. The number of hydrogen-bond donors (Lipinski definition) is 2. The number of ether oxygens (including phenoxy) is 1. The van der Waals surface area contributed by atoms with Crippen molar-refractivity contribution in [3.05, 3.63) is 59.7 Å². The molecule has 7 nitrogen and oxygen atoms in total. The number of carboxylic acids is 1. The van der Waals surface area contributed by atoms with Crippen LogP contribution in [0.2, 0.25) is 0 Å². The van der Waals surface area contributed by atoms with E-state index in [-0.39, 0.29) is 37.4 Å². The second-order valence-electron chi connectivity index (χ2n) is 8.72. The summed E-state index contributed by atoms with van der Waals surface area (Å²) in [7, 11) is 0. The smallest absolute Gasteiger partial charge is 0.407 e. The van der Waals surface area contributed by atoms with Crippen LogP contribution < -0.4 is 5.32 Å². The summed E-state index contributed by atoms with van der Waals surface area (Å²) >= 11 is 0. The van der Waals surface area contributed by atoms with Crippen LogP contribution >= 0.6 is 0 Å². The first-order valence-electron chi connectivity index (χ1n) is 11.6. The van der Waals surface area contributed by atoms with E-state index in [0.29, 0.717) is 12.8 Å². The molecule has 0 saturated heterocycles. The zero-order valence-electron chi connectivity index (χ0n) is 18.8. The fraction of sp³-hybridized carbons (Fsp3) is 0.423. The number of aliphatic carboxylic acids is 1. The third-order valence-corrected chi connectivity index (χ3v) is 6.35. The van der Waals surface area contributed by atoms with Gasteiger partial charge in [0.15, 0.2) is 0 Å². The summed E-state index contributed by atoms with van der Waals surface area (Å²) in [6, 6.07) is 15.6. The number of amides is 2. The molecule has 1 fully saturated rings. The van der Waals surface area contributed by atoms with E-state index < -0.39 is 18.1 Å². The Morgan fingerprint density at radius 2 is 1.67 bits per heavy atom. The standard InChI is InChI=1S/C26H30N2O5/c1-2-7-23(25(31)28(17-12-13-17)15-14-24(29)30)27-26(32)33-16-22-20-10-5-3-8-18(20)19-9-4-6-11-21(19)22/h3-6,8-11,17,22-23H,2,7,12-16H2,1H3,(H,27,32)(H,29,30)/t23-/m0/s1. The van der Waals surface area contributed by atoms with Crippen LogP contribution in [-0.2, 0) is 14.3 Å². The van der Waals surface area contributed by atoms with Gasteiger partial charge in [0.25, 0.3) is 0 Å². The number of carbonyl (C=O) groups excluding carboxylic acids is 2. The molecule has 4 rings (SSSR count). The lowest BCUT2D eigenvalue weighted by Gasteiger charge is -2.27. The maximum Gasteiger partial charge on any atom is 0.407 e. The molecule has 1 saturated carbocycles. The third-order valence-electron chi connectivity index (χ3n) is 6.35. The highest BCUT2D eigenvalue weighted by atomic mass is 16.5. The minimum Gasteiger partial charge on any atom is -0.481 e. The summed E-state index contributed by atoms with van der Waals surface area (Å²) in [5.41, 5.74) is 4.56. The van der Waals surface area contributed by atoms with Crippen molar-refractivity contribution < 1.29 is 24.2 Å². The van der Waals surface area contributed by atoms with Crippen LogP contribution in [0, 0.1) is 0 Å². The molecule has 0 unspecified atom stereocenters. The monoisotopic (exact) mass is 450 g/mol. The highest BCUT2D eigenvalue weighted by Gasteiger charge is 2.36. The molecule has 2 amide bonds. The van der Waals surface area contributed by atoms with E-state index in [0.717, 1.165) is 35.1 Å². The van der Waals surface area contributed by atoms with Crippen LogP contribution in [0.4, 0.5) is 4.79 Å². The molecule has 0 radical (unpaired) electrons. The van der Waals surface area contributed by atoms with Gasteiger partial charge >= 0.3 is 12.1 Å². The molecular weight excluding hydrogens is 420 g/mol. The van der Waals surface area contributed by atoms with Gasteiger partial charge in [0, 0.05) is 18.5 Å². The number of fused-ring (bicyclic) bond motifs is 3.